The van der Waals surface area contributed by atoms with Gasteiger partial charge in [0.1, 0.15) is 10.4 Å². The topological polar surface area (TPSA) is 39.4 Å². The van der Waals surface area contributed by atoms with E-state index in [1.165, 1.54) is 0 Å². The van der Waals surface area contributed by atoms with Crippen molar-refractivity contribution in [2.45, 2.75) is 0 Å². The molecule has 0 saturated carbocycles. The minimum atomic E-state index is 0.475. The van der Waals surface area contributed by atoms with Crippen LogP contribution in [0.15, 0.2) is 47.2 Å². The fraction of sp³-hybridized carbons (Fsp3) is 0. The third kappa shape index (κ3) is 2.19. The number of imidazole rings is 1. The second-order valence-electron chi connectivity index (χ2n) is 3.58. The highest BCUT2D eigenvalue weighted by atomic mass is 79.9. The van der Waals surface area contributed by atoms with E-state index in [0.29, 0.717) is 16.7 Å². The molecule has 0 aliphatic rings. The lowest BCUT2D eigenvalue weighted by atomic mass is 10.3. The number of hydrogen-bond acceptors (Lipinski definition) is 3. The van der Waals surface area contributed by atoms with Gasteiger partial charge in [-0.3, -0.25) is 0 Å². The molecule has 0 fully saturated rings. The number of benzene rings is 1. The van der Waals surface area contributed by atoms with Crippen molar-refractivity contribution in [3.05, 3.63) is 52.2 Å². The Morgan fingerprint density at radius 1 is 1.22 bits per heavy atom. The van der Waals surface area contributed by atoms with Crippen LogP contribution in [-0.4, -0.2) is 14.6 Å². The molecule has 18 heavy (non-hydrogen) atoms. The van der Waals surface area contributed by atoms with Crippen LogP contribution >= 0.6 is 27.5 Å². The van der Waals surface area contributed by atoms with Crippen molar-refractivity contribution in [1.82, 2.24) is 14.6 Å². The molecule has 0 radical (unpaired) electrons. The summed E-state index contributed by atoms with van der Waals surface area (Å²) in [5.41, 5.74) is 0.750. The average Bonchev–Trinajstić information content (AvgIpc) is 2.71. The van der Waals surface area contributed by atoms with Crippen molar-refractivity contribution in [2.24, 2.45) is 0 Å². The van der Waals surface area contributed by atoms with Crippen LogP contribution in [0.3, 0.4) is 0 Å². The van der Waals surface area contributed by atoms with E-state index >= 15 is 0 Å². The number of halogens is 2. The normalized spacial score (nSPS) is 10.8. The largest absolute Gasteiger partial charge is 0.438 e. The maximum absolute atomic E-state index is 5.89. The molecule has 0 atom stereocenters. The van der Waals surface area contributed by atoms with Crippen LogP contribution in [0.25, 0.3) is 5.65 Å². The van der Waals surface area contributed by atoms with E-state index in [0.717, 1.165) is 10.3 Å². The van der Waals surface area contributed by atoms with Crippen molar-refractivity contribution in [1.29, 1.82) is 0 Å². The minimum absolute atomic E-state index is 0.475. The van der Waals surface area contributed by atoms with Gasteiger partial charge in [-0.2, -0.15) is 0 Å². The molecule has 0 N–H and O–H groups in total. The van der Waals surface area contributed by atoms with Crippen LogP contribution in [0, 0.1) is 0 Å². The third-order valence-corrected chi connectivity index (χ3v) is 3.09. The van der Waals surface area contributed by atoms with Gasteiger partial charge in [0.15, 0.2) is 5.65 Å². The molecule has 0 aliphatic carbocycles. The quantitative estimate of drug-likeness (QED) is 0.717. The second kappa shape index (κ2) is 4.59. The van der Waals surface area contributed by atoms with Crippen LogP contribution in [0.4, 0.5) is 0 Å². The Kier molecular flexibility index (Phi) is 2.93. The molecule has 0 spiro atoms. The van der Waals surface area contributed by atoms with Gasteiger partial charge in [-0.05, 0) is 40.2 Å². The van der Waals surface area contributed by atoms with E-state index in [1.54, 1.807) is 28.9 Å². The number of aromatic nitrogens is 3. The van der Waals surface area contributed by atoms with Crippen molar-refractivity contribution in [3.63, 3.8) is 0 Å². The Balaban J connectivity index is 1.97. The molecule has 0 amide bonds. The summed E-state index contributed by atoms with van der Waals surface area (Å²) in [6, 6.07) is 10.8. The molecule has 6 heteroatoms. The number of hydrogen-bond donors (Lipinski definition) is 0. The summed E-state index contributed by atoms with van der Waals surface area (Å²) in [6.45, 7) is 0. The molecule has 2 aromatic heterocycles. The minimum Gasteiger partial charge on any atom is -0.438 e. The lowest BCUT2D eigenvalue weighted by molar-refractivity contribution is 0.452. The van der Waals surface area contributed by atoms with Gasteiger partial charge in [0.05, 0.1) is 6.20 Å². The van der Waals surface area contributed by atoms with E-state index in [2.05, 4.69) is 26.0 Å². The molecule has 4 nitrogen and oxygen atoms in total. The maximum atomic E-state index is 5.89. The molecule has 0 bridgehead atoms. The molecule has 2 heterocycles. The van der Waals surface area contributed by atoms with Crippen LogP contribution < -0.4 is 4.74 Å². The van der Waals surface area contributed by atoms with E-state index < -0.39 is 0 Å². The Bertz CT molecular complexity index is 713. The van der Waals surface area contributed by atoms with Crippen LogP contribution in [0.1, 0.15) is 0 Å². The van der Waals surface area contributed by atoms with Crippen molar-refractivity contribution in [3.8, 4) is 11.6 Å². The zero-order chi connectivity index (χ0) is 12.5. The summed E-state index contributed by atoms with van der Waals surface area (Å²) in [6.07, 6.45) is 1.69. The number of rotatable bonds is 2. The average molecular weight is 325 g/mol. The molecule has 0 aliphatic heterocycles. The fourth-order valence-corrected chi connectivity index (χ4v) is 2.08. The highest BCUT2D eigenvalue weighted by Crippen LogP contribution is 2.23. The Morgan fingerprint density at radius 2 is 2.11 bits per heavy atom. The van der Waals surface area contributed by atoms with Crippen molar-refractivity contribution < 1.29 is 4.74 Å². The number of nitrogens with zero attached hydrogens (tertiary/aromatic N) is 3. The zero-order valence-corrected chi connectivity index (χ0v) is 11.4. The van der Waals surface area contributed by atoms with Crippen LogP contribution in [0.2, 0.25) is 5.02 Å². The molecule has 3 rings (SSSR count). The summed E-state index contributed by atoms with van der Waals surface area (Å²) < 4.78 is 8.05. The SMILES string of the molecule is Clc1cccc(Oc2ccc3ncc(Br)n3n2)c1. The summed E-state index contributed by atoms with van der Waals surface area (Å²) in [7, 11) is 0. The Morgan fingerprint density at radius 3 is 2.94 bits per heavy atom. The van der Waals surface area contributed by atoms with E-state index in [9.17, 15) is 0 Å². The lowest BCUT2D eigenvalue weighted by Crippen LogP contribution is -1.95. The molecule has 0 saturated heterocycles. The van der Waals surface area contributed by atoms with E-state index in [1.807, 2.05) is 18.2 Å². The first-order valence-electron chi connectivity index (χ1n) is 5.16. The summed E-state index contributed by atoms with van der Waals surface area (Å²) in [4.78, 5) is 4.16. The summed E-state index contributed by atoms with van der Waals surface area (Å²) in [5.74, 6) is 1.12. The Hall–Kier alpha value is -1.59. The molecular weight excluding hydrogens is 318 g/mol. The van der Waals surface area contributed by atoms with Gasteiger partial charge in [-0.25, -0.2) is 9.50 Å². The fourth-order valence-electron chi connectivity index (χ4n) is 1.53. The van der Waals surface area contributed by atoms with Gasteiger partial charge in [0.2, 0.25) is 5.88 Å². The van der Waals surface area contributed by atoms with Gasteiger partial charge in [0.25, 0.3) is 0 Å². The third-order valence-electron chi connectivity index (χ3n) is 2.31. The predicted octanol–water partition coefficient (Wildman–Crippen LogP) is 3.94. The predicted molar refractivity (Wildman–Crippen MR) is 72.2 cm³/mol. The first-order valence-corrected chi connectivity index (χ1v) is 6.33. The van der Waals surface area contributed by atoms with Gasteiger partial charge < -0.3 is 4.74 Å². The van der Waals surface area contributed by atoms with Gasteiger partial charge in [0, 0.05) is 11.1 Å². The lowest BCUT2D eigenvalue weighted by Gasteiger charge is -2.05. The monoisotopic (exact) mass is 323 g/mol. The van der Waals surface area contributed by atoms with E-state index in [-0.39, 0.29) is 0 Å². The standard InChI is InChI=1S/C12H7BrClN3O/c13-10-7-15-11-4-5-12(16-17(10)11)18-9-3-1-2-8(14)6-9/h1-7H. The highest BCUT2D eigenvalue weighted by Gasteiger charge is 2.04. The molecular formula is C12H7BrClN3O. The molecule has 1 aromatic carbocycles. The van der Waals surface area contributed by atoms with Crippen molar-refractivity contribution >= 4 is 33.2 Å². The second-order valence-corrected chi connectivity index (χ2v) is 4.83. The zero-order valence-electron chi connectivity index (χ0n) is 9.05. The molecule has 3 aromatic rings. The Labute approximate surface area is 116 Å². The molecule has 90 valence electrons. The van der Waals surface area contributed by atoms with Gasteiger partial charge in [-0.15, -0.1) is 5.10 Å². The summed E-state index contributed by atoms with van der Waals surface area (Å²) in [5, 5.41) is 4.92. The molecule has 0 unspecified atom stereocenters. The smallest absolute Gasteiger partial charge is 0.237 e. The van der Waals surface area contributed by atoms with Gasteiger partial charge >= 0.3 is 0 Å². The maximum Gasteiger partial charge on any atom is 0.237 e. The highest BCUT2D eigenvalue weighted by molar-refractivity contribution is 9.10. The number of ether oxygens (including phenoxy) is 1. The van der Waals surface area contributed by atoms with Gasteiger partial charge in [-0.1, -0.05) is 17.7 Å². The van der Waals surface area contributed by atoms with Crippen molar-refractivity contribution in [2.75, 3.05) is 0 Å². The van der Waals surface area contributed by atoms with Crippen LogP contribution in [-0.2, 0) is 0 Å². The van der Waals surface area contributed by atoms with E-state index in [4.69, 9.17) is 16.3 Å². The number of fused-ring (bicyclic) bond motifs is 1. The summed E-state index contributed by atoms with van der Waals surface area (Å²) >= 11 is 9.25. The first-order chi connectivity index (χ1) is 8.72. The van der Waals surface area contributed by atoms with Crippen LogP contribution in [0.5, 0.6) is 11.6 Å². The first kappa shape index (κ1) is 11.5.